The molecule has 0 aliphatic rings. The quantitative estimate of drug-likeness (QED) is 0.719. The standard InChI is InChI=1S/C10H7ClO2P/c11-14(12)13-10-7-3-5-8-4-1-2-6-9(8)10/h1-7H/q+1. The molecule has 14 heavy (non-hydrogen) atoms. The fourth-order valence-electron chi connectivity index (χ4n) is 1.35. The van der Waals surface area contributed by atoms with Gasteiger partial charge in [0.1, 0.15) is 0 Å². The van der Waals surface area contributed by atoms with Crippen molar-refractivity contribution < 1.29 is 9.09 Å². The summed E-state index contributed by atoms with van der Waals surface area (Å²) in [5.41, 5.74) is 0. The zero-order chi connectivity index (χ0) is 9.97. The minimum atomic E-state index is -2.13. The molecule has 0 aliphatic heterocycles. The van der Waals surface area contributed by atoms with E-state index in [-0.39, 0.29) is 0 Å². The first kappa shape index (κ1) is 9.45. The number of hydrogen-bond donors (Lipinski definition) is 0. The lowest BCUT2D eigenvalue weighted by molar-refractivity contribution is 0.522. The van der Waals surface area contributed by atoms with Crippen LogP contribution in [0, 0.1) is 0 Å². The molecule has 2 nitrogen and oxygen atoms in total. The molecule has 4 heteroatoms. The minimum absolute atomic E-state index is 0.555. The molecular weight excluding hydrogens is 219 g/mol. The first-order valence-electron chi connectivity index (χ1n) is 4.06. The molecule has 0 saturated carbocycles. The summed E-state index contributed by atoms with van der Waals surface area (Å²) in [6, 6.07) is 13.3. The smallest absolute Gasteiger partial charge is 0.240 e. The highest BCUT2D eigenvalue weighted by Gasteiger charge is 2.16. The van der Waals surface area contributed by atoms with Gasteiger partial charge in [-0.15, -0.1) is 0 Å². The van der Waals surface area contributed by atoms with E-state index in [9.17, 15) is 4.57 Å². The van der Waals surface area contributed by atoms with Crippen molar-refractivity contribution in [1.82, 2.24) is 0 Å². The van der Waals surface area contributed by atoms with Crippen LogP contribution in [-0.2, 0) is 4.57 Å². The van der Waals surface area contributed by atoms with E-state index in [0.717, 1.165) is 10.8 Å². The van der Waals surface area contributed by atoms with Crippen molar-refractivity contribution in [2.75, 3.05) is 0 Å². The largest absolute Gasteiger partial charge is 0.683 e. The Hall–Kier alpha value is -1.11. The molecule has 0 heterocycles. The van der Waals surface area contributed by atoms with Gasteiger partial charge in [0.05, 0.1) is 0 Å². The van der Waals surface area contributed by atoms with Crippen LogP contribution in [0.2, 0.25) is 0 Å². The van der Waals surface area contributed by atoms with Gasteiger partial charge in [0.2, 0.25) is 0 Å². The van der Waals surface area contributed by atoms with Crippen LogP contribution in [-0.4, -0.2) is 0 Å². The van der Waals surface area contributed by atoms with E-state index in [4.69, 9.17) is 15.8 Å². The Bertz CT molecular complexity index is 479. The monoisotopic (exact) mass is 225 g/mol. The first-order chi connectivity index (χ1) is 6.77. The predicted molar refractivity (Wildman–Crippen MR) is 58.0 cm³/mol. The van der Waals surface area contributed by atoms with Crippen molar-refractivity contribution in [2.24, 2.45) is 0 Å². The molecule has 2 aromatic carbocycles. The summed E-state index contributed by atoms with van der Waals surface area (Å²) in [6.07, 6.45) is 0. The predicted octanol–water partition coefficient (Wildman–Crippen LogP) is 4.11. The van der Waals surface area contributed by atoms with Gasteiger partial charge in [-0.25, -0.2) is 4.52 Å². The van der Waals surface area contributed by atoms with Crippen molar-refractivity contribution in [1.29, 1.82) is 0 Å². The zero-order valence-electron chi connectivity index (χ0n) is 7.18. The van der Waals surface area contributed by atoms with E-state index in [1.165, 1.54) is 0 Å². The molecule has 0 radical (unpaired) electrons. The average Bonchev–Trinajstić information content (AvgIpc) is 2.18. The molecule has 2 rings (SSSR count). The maximum absolute atomic E-state index is 10.7. The lowest BCUT2D eigenvalue weighted by atomic mass is 10.1. The summed E-state index contributed by atoms with van der Waals surface area (Å²) in [6.45, 7) is 0. The van der Waals surface area contributed by atoms with Gasteiger partial charge in [-0.2, -0.15) is 0 Å². The zero-order valence-corrected chi connectivity index (χ0v) is 8.83. The highest BCUT2D eigenvalue weighted by Crippen LogP contribution is 2.35. The van der Waals surface area contributed by atoms with Gasteiger partial charge >= 0.3 is 7.38 Å². The topological polar surface area (TPSA) is 26.3 Å². The van der Waals surface area contributed by atoms with Gasteiger partial charge in [0.25, 0.3) is 11.2 Å². The van der Waals surface area contributed by atoms with Crippen LogP contribution in [0.25, 0.3) is 10.8 Å². The van der Waals surface area contributed by atoms with E-state index < -0.39 is 7.38 Å². The van der Waals surface area contributed by atoms with Crippen LogP contribution in [0.1, 0.15) is 0 Å². The van der Waals surface area contributed by atoms with E-state index in [1.54, 1.807) is 6.07 Å². The molecule has 0 bridgehead atoms. The molecule has 1 atom stereocenters. The Kier molecular flexibility index (Phi) is 2.67. The molecule has 0 spiro atoms. The lowest BCUT2D eigenvalue weighted by Crippen LogP contribution is -1.80. The van der Waals surface area contributed by atoms with Crippen molar-refractivity contribution in [3.8, 4) is 5.75 Å². The third-order valence-electron chi connectivity index (χ3n) is 1.92. The van der Waals surface area contributed by atoms with Crippen LogP contribution in [0.15, 0.2) is 42.5 Å². The molecule has 2 aromatic rings. The first-order valence-corrected chi connectivity index (χ1v) is 6.14. The van der Waals surface area contributed by atoms with Crippen molar-refractivity contribution in [2.45, 2.75) is 0 Å². The fraction of sp³-hybridized carbons (Fsp3) is 0. The van der Waals surface area contributed by atoms with Gasteiger partial charge in [-0.05, 0) is 11.5 Å². The Labute approximate surface area is 87.1 Å². The summed E-state index contributed by atoms with van der Waals surface area (Å²) < 4.78 is 15.8. The fourth-order valence-corrected chi connectivity index (χ4v) is 1.89. The summed E-state index contributed by atoms with van der Waals surface area (Å²) in [7, 11) is -2.13. The normalized spacial score (nSPS) is 11.4. The Morgan fingerprint density at radius 2 is 1.79 bits per heavy atom. The lowest BCUT2D eigenvalue weighted by Gasteiger charge is -1.98. The highest BCUT2D eigenvalue weighted by atomic mass is 35.7. The molecule has 0 aromatic heterocycles. The number of halogens is 1. The average molecular weight is 226 g/mol. The van der Waals surface area contributed by atoms with Gasteiger partial charge in [-0.1, -0.05) is 36.4 Å². The number of hydrogen-bond acceptors (Lipinski definition) is 2. The second kappa shape index (κ2) is 3.95. The van der Waals surface area contributed by atoms with Gasteiger partial charge in [-0.3, -0.25) is 0 Å². The highest BCUT2D eigenvalue weighted by molar-refractivity contribution is 7.70. The van der Waals surface area contributed by atoms with E-state index in [0.29, 0.717) is 5.75 Å². The summed E-state index contributed by atoms with van der Waals surface area (Å²) in [5, 5.41) is 1.96. The van der Waals surface area contributed by atoms with Crippen molar-refractivity contribution in [3.63, 3.8) is 0 Å². The van der Waals surface area contributed by atoms with E-state index in [1.807, 2.05) is 36.4 Å². The maximum atomic E-state index is 10.7. The molecule has 0 fully saturated rings. The number of benzene rings is 2. The van der Waals surface area contributed by atoms with E-state index in [2.05, 4.69) is 0 Å². The third-order valence-corrected chi connectivity index (χ3v) is 2.47. The van der Waals surface area contributed by atoms with Crippen LogP contribution >= 0.6 is 18.6 Å². The molecular formula is C10H7ClO2P+. The van der Waals surface area contributed by atoms with Crippen molar-refractivity contribution >= 4 is 29.4 Å². The molecule has 0 amide bonds. The Morgan fingerprint density at radius 3 is 2.57 bits per heavy atom. The SMILES string of the molecule is O=[P+](Cl)Oc1cccc2ccccc12. The van der Waals surface area contributed by atoms with Gasteiger partial charge < -0.3 is 0 Å². The minimum Gasteiger partial charge on any atom is -0.240 e. The third kappa shape index (κ3) is 1.87. The maximum Gasteiger partial charge on any atom is 0.683 e. The van der Waals surface area contributed by atoms with Gasteiger partial charge in [0, 0.05) is 9.95 Å². The molecule has 0 aliphatic carbocycles. The number of fused-ring (bicyclic) bond motifs is 1. The Morgan fingerprint density at radius 1 is 1.07 bits per heavy atom. The Balaban J connectivity index is 2.59. The molecule has 0 N–H and O–H groups in total. The molecule has 1 unspecified atom stereocenters. The van der Waals surface area contributed by atoms with E-state index >= 15 is 0 Å². The number of rotatable bonds is 2. The van der Waals surface area contributed by atoms with Crippen LogP contribution in [0.4, 0.5) is 0 Å². The van der Waals surface area contributed by atoms with Crippen LogP contribution in [0.3, 0.4) is 0 Å². The second-order valence-electron chi connectivity index (χ2n) is 2.78. The van der Waals surface area contributed by atoms with Crippen molar-refractivity contribution in [3.05, 3.63) is 42.5 Å². The summed E-state index contributed by atoms with van der Waals surface area (Å²) in [5.74, 6) is 0.555. The summed E-state index contributed by atoms with van der Waals surface area (Å²) >= 11 is 5.30. The molecule has 0 saturated heterocycles. The molecule has 70 valence electrons. The van der Waals surface area contributed by atoms with Crippen LogP contribution in [0.5, 0.6) is 5.75 Å². The van der Waals surface area contributed by atoms with Crippen LogP contribution < -0.4 is 4.52 Å². The summed E-state index contributed by atoms with van der Waals surface area (Å²) in [4.78, 5) is 0. The van der Waals surface area contributed by atoms with Gasteiger partial charge in [0.15, 0.2) is 5.75 Å². The second-order valence-corrected chi connectivity index (χ2v) is 4.22.